The Kier molecular flexibility index (Phi) is 4.23. The molecule has 108 valence electrons. The third-order valence-corrected chi connectivity index (χ3v) is 3.35. The van der Waals surface area contributed by atoms with E-state index >= 15 is 0 Å². The van der Waals surface area contributed by atoms with Crippen molar-refractivity contribution in [2.45, 2.75) is 6.92 Å². The van der Waals surface area contributed by atoms with Crippen LogP contribution in [0.5, 0.6) is 0 Å². The predicted octanol–water partition coefficient (Wildman–Crippen LogP) is 4.02. The van der Waals surface area contributed by atoms with E-state index in [4.69, 9.17) is 9.52 Å². The van der Waals surface area contributed by atoms with E-state index in [9.17, 15) is 14.9 Å². The number of nitro benzene ring substituents is 1. The zero-order valence-corrected chi connectivity index (χ0v) is 12.5. The number of rotatable bonds is 4. The first-order chi connectivity index (χ1) is 9.88. The molecule has 0 spiro atoms. The summed E-state index contributed by atoms with van der Waals surface area (Å²) >= 11 is 3.30. The van der Waals surface area contributed by atoms with E-state index < -0.39 is 10.9 Å². The van der Waals surface area contributed by atoms with Gasteiger partial charge in [-0.25, -0.2) is 4.79 Å². The van der Waals surface area contributed by atoms with Crippen LogP contribution in [0.1, 0.15) is 11.3 Å². The molecular weight excluding hydrogens is 342 g/mol. The molecule has 2 rings (SSSR count). The number of aryl methyl sites for hydroxylation is 1. The quantitative estimate of drug-likeness (QED) is 0.509. The van der Waals surface area contributed by atoms with Crippen molar-refractivity contribution in [3.8, 4) is 11.3 Å². The molecule has 0 aliphatic carbocycles. The number of aliphatic carboxylic acids is 1. The smallest absolute Gasteiger partial charge is 0.328 e. The van der Waals surface area contributed by atoms with Gasteiger partial charge in [-0.2, -0.15) is 0 Å². The monoisotopic (exact) mass is 351 g/mol. The summed E-state index contributed by atoms with van der Waals surface area (Å²) in [4.78, 5) is 21.0. The van der Waals surface area contributed by atoms with Crippen LogP contribution in [0.25, 0.3) is 17.4 Å². The van der Waals surface area contributed by atoms with Crippen LogP contribution in [-0.2, 0) is 4.79 Å². The van der Waals surface area contributed by atoms with Crippen molar-refractivity contribution in [2.75, 3.05) is 0 Å². The van der Waals surface area contributed by atoms with Gasteiger partial charge in [-0.15, -0.1) is 0 Å². The highest BCUT2D eigenvalue weighted by Crippen LogP contribution is 2.34. The highest BCUT2D eigenvalue weighted by molar-refractivity contribution is 9.10. The summed E-state index contributed by atoms with van der Waals surface area (Å²) in [5.74, 6) is -0.347. The molecule has 2 aromatic rings. The van der Waals surface area contributed by atoms with Crippen LogP contribution in [0, 0.1) is 17.0 Å². The first-order valence-electron chi connectivity index (χ1n) is 5.84. The van der Waals surface area contributed by atoms with Crippen molar-refractivity contribution in [3.63, 3.8) is 0 Å². The normalized spacial score (nSPS) is 11.0. The van der Waals surface area contributed by atoms with Crippen LogP contribution < -0.4 is 0 Å². The lowest BCUT2D eigenvalue weighted by Crippen LogP contribution is -1.91. The second-order valence-corrected chi connectivity index (χ2v) is 5.11. The van der Waals surface area contributed by atoms with Gasteiger partial charge < -0.3 is 9.52 Å². The minimum absolute atomic E-state index is 0.00146. The van der Waals surface area contributed by atoms with Crippen molar-refractivity contribution in [3.05, 3.63) is 56.3 Å². The molecule has 0 radical (unpaired) electrons. The molecule has 0 amide bonds. The third kappa shape index (κ3) is 3.38. The summed E-state index contributed by atoms with van der Waals surface area (Å²) in [7, 11) is 0. The molecule has 1 aromatic carbocycles. The zero-order chi connectivity index (χ0) is 15.6. The Hall–Kier alpha value is -2.41. The highest BCUT2D eigenvalue weighted by Gasteiger charge is 2.16. The zero-order valence-electron chi connectivity index (χ0n) is 10.9. The first kappa shape index (κ1) is 15.0. The number of carboxylic acids is 1. The van der Waals surface area contributed by atoms with Gasteiger partial charge in [0.05, 0.1) is 9.40 Å². The Morgan fingerprint density at radius 2 is 2.14 bits per heavy atom. The van der Waals surface area contributed by atoms with Gasteiger partial charge in [0, 0.05) is 23.3 Å². The average Bonchev–Trinajstić information content (AvgIpc) is 2.78. The molecule has 0 atom stereocenters. The van der Waals surface area contributed by atoms with Gasteiger partial charge in [0.15, 0.2) is 0 Å². The Bertz CT molecular complexity index is 748. The van der Waals surface area contributed by atoms with Crippen molar-refractivity contribution in [1.29, 1.82) is 0 Å². The number of halogens is 1. The van der Waals surface area contributed by atoms with Crippen LogP contribution in [0.4, 0.5) is 5.69 Å². The molecule has 0 unspecified atom stereocenters. The van der Waals surface area contributed by atoms with Gasteiger partial charge in [0.25, 0.3) is 5.69 Å². The minimum atomic E-state index is -1.09. The Labute approximate surface area is 128 Å². The summed E-state index contributed by atoms with van der Waals surface area (Å²) < 4.78 is 6.09. The van der Waals surface area contributed by atoms with Gasteiger partial charge in [-0.05, 0) is 35.0 Å². The molecule has 7 heteroatoms. The van der Waals surface area contributed by atoms with Crippen LogP contribution in [-0.4, -0.2) is 16.0 Å². The molecule has 21 heavy (non-hydrogen) atoms. The SMILES string of the molecule is Cc1ccc(-c2oc(/C=C/C(=O)O)cc2Br)cc1[N+](=O)[O-]. The van der Waals surface area contributed by atoms with Gasteiger partial charge in [-0.3, -0.25) is 10.1 Å². The first-order valence-corrected chi connectivity index (χ1v) is 6.63. The van der Waals surface area contributed by atoms with E-state index in [1.165, 1.54) is 12.1 Å². The second kappa shape index (κ2) is 5.92. The summed E-state index contributed by atoms with van der Waals surface area (Å²) in [6.45, 7) is 1.65. The fourth-order valence-corrected chi connectivity index (χ4v) is 2.30. The van der Waals surface area contributed by atoms with Crippen molar-refractivity contribution < 1.29 is 19.2 Å². The fourth-order valence-electron chi connectivity index (χ4n) is 1.77. The summed E-state index contributed by atoms with van der Waals surface area (Å²) in [6.07, 6.45) is 2.26. The van der Waals surface area contributed by atoms with Crippen LogP contribution in [0.15, 0.2) is 39.2 Å². The molecule has 6 nitrogen and oxygen atoms in total. The molecular formula is C14H10BrNO5. The number of nitro groups is 1. The summed E-state index contributed by atoms with van der Waals surface area (Å²) in [6, 6.07) is 6.36. The lowest BCUT2D eigenvalue weighted by atomic mass is 10.1. The van der Waals surface area contributed by atoms with Crippen LogP contribution in [0.3, 0.4) is 0 Å². The second-order valence-electron chi connectivity index (χ2n) is 4.26. The van der Waals surface area contributed by atoms with Gasteiger partial charge >= 0.3 is 5.97 Å². The number of carboxylic acid groups (broad SMARTS) is 1. The molecule has 0 saturated carbocycles. The fraction of sp³-hybridized carbons (Fsp3) is 0.0714. The topological polar surface area (TPSA) is 93.6 Å². The van der Waals surface area contributed by atoms with E-state index in [0.29, 0.717) is 27.1 Å². The number of furan rings is 1. The van der Waals surface area contributed by atoms with Crippen molar-refractivity contribution >= 4 is 33.7 Å². The Morgan fingerprint density at radius 3 is 2.76 bits per heavy atom. The third-order valence-electron chi connectivity index (χ3n) is 2.76. The van der Waals surface area contributed by atoms with E-state index in [-0.39, 0.29) is 5.69 Å². The number of nitrogens with zero attached hydrogens (tertiary/aromatic N) is 1. The lowest BCUT2D eigenvalue weighted by molar-refractivity contribution is -0.385. The Morgan fingerprint density at radius 1 is 1.43 bits per heavy atom. The maximum absolute atomic E-state index is 11.0. The molecule has 1 heterocycles. The Balaban J connectivity index is 2.45. The van der Waals surface area contributed by atoms with Crippen LogP contribution >= 0.6 is 15.9 Å². The van der Waals surface area contributed by atoms with Crippen molar-refractivity contribution in [2.24, 2.45) is 0 Å². The van der Waals surface area contributed by atoms with E-state index in [1.54, 1.807) is 25.1 Å². The maximum atomic E-state index is 11.0. The number of carbonyl (C=O) groups is 1. The summed E-state index contributed by atoms with van der Waals surface area (Å²) in [5.41, 5.74) is 1.09. The van der Waals surface area contributed by atoms with E-state index in [1.807, 2.05) is 0 Å². The molecule has 0 bridgehead atoms. The predicted molar refractivity (Wildman–Crippen MR) is 79.9 cm³/mol. The van der Waals surface area contributed by atoms with Gasteiger partial charge in [0.1, 0.15) is 11.5 Å². The lowest BCUT2D eigenvalue weighted by Gasteiger charge is -2.01. The molecule has 0 aliphatic heterocycles. The molecule has 1 N–H and O–H groups in total. The molecule has 0 aliphatic rings. The van der Waals surface area contributed by atoms with Gasteiger partial charge in [-0.1, -0.05) is 12.1 Å². The standard InChI is InChI=1S/C14H10BrNO5/c1-8-2-3-9(6-12(8)16(19)20)14-11(15)7-10(21-14)4-5-13(17)18/h2-7H,1H3,(H,17,18)/b5-4+. The van der Waals surface area contributed by atoms with Gasteiger partial charge in [0.2, 0.25) is 0 Å². The highest BCUT2D eigenvalue weighted by atomic mass is 79.9. The largest absolute Gasteiger partial charge is 0.478 e. The maximum Gasteiger partial charge on any atom is 0.328 e. The molecule has 0 saturated heterocycles. The molecule has 0 fully saturated rings. The van der Waals surface area contributed by atoms with E-state index in [2.05, 4.69) is 15.9 Å². The van der Waals surface area contributed by atoms with Crippen molar-refractivity contribution in [1.82, 2.24) is 0 Å². The van der Waals surface area contributed by atoms with E-state index in [0.717, 1.165) is 6.08 Å². The molecule has 1 aromatic heterocycles. The summed E-state index contributed by atoms with van der Waals surface area (Å²) in [5, 5.41) is 19.5. The number of benzene rings is 1. The number of hydrogen-bond acceptors (Lipinski definition) is 4. The average molecular weight is 352 g/mol. The van der Waals surface area contributed by atoms with Crippen LogP contribution in [0.2, 0.25) is 0 Å². The minimum Gasteiger partial charge on any atom is -0.478 e. The number of hydrogen-bond donors (Lipinski definition) is 1.